The van der Waals surface area contributed by atoms with Gasteiger partial charge in [-0.3, -0.25) is 0 Å². The molecule has 0 atom stereocenters. The van der Waals surface area contributed by atoms with Crippen molar-refractivity contribution >= 4 is 18.6 Å². The van der Waals surface area contributed by atoms with E-state index in [-0.39, 0.29) is 0 Å². The van der Waals surface area contributed by atoms with Crippen LogP contribution < -0.4 is 0 Å². The molecule has 0 radical (unpaired) electrons. The molecule has 0 aliphatic carbocycles. The maximum atomic E-state index is 2.52. The first-order valence-corrected chi connectivity index (χ1v) is 7.96. The van der Waals surface area contributed by atoms with Crippen molar-refractivity contribution in [3.05, 3.63) is 10.8 Å². The third-order valence-electron chi connectivity index (χ3n) is 2.79. The molecule has 0 spiro atoms. The van der Waals surface area contributed by atoms with E-state index in [1.807, 2.05) is 0 Å². The number of hydrogen-bond donors (Lipinski definition) is 0. The summed E-state index contributed by atoms with van der Waals surface area (Å²) in [5.41, 5.74) is 1.50. The van der Waals surface area contributed by atoms with E-state index < -0.39 is 8.24 Å². The van der Waals surface area contributed by atoms with Crippen molar-refractivity contribution in [2.45, 2.75) is 33.9 Å². The Morgan fingerprint density at radius 3 is 1.64 bits per heavy atom. The van der Waals surface area contributed by atoms with Crippen LogP contribution in [-0.4, -0.2) is 29.9 Å². The van der Waals surface area contributed by atoms with E-state index in [2.05, 4.69) is 45.1 Å². The second-order valence-electron chi connectivity index (χ2n) is 4.08. The maximum absolute atomic E-state index is 2.52. The zero-order valence-corrected chi connectivity index (χ0v) is 11.9. The Labute approximate surface area is 75.1 Å². The summed E-state index contributed by atoms with van der Waals surface area (Å²) >= 11 is 0. The highest BCUT2D eigenvalue weighted by Gasteiger charge is 2.25. The van der Waals surface area contributed by atoms with E-state index in [1.165, 1.54) is 16.0 Å². The van der Waals surface area contributed by atoms with Gasteiger partial charge < -0.3 is 4.23 Å². The van der Waals surface area contributed by atoms with Gasteiger partial charge in [0.2, 0.25) is 0 Å². The third kappa shape index (κ3) is 2.58. The maximum Gasteiger partial charge on any atom is 0.142 e. The van der Waals surface area contributed by atoms with Gasteiger partial charge in [0.05, 0.1) is 10.4 Å². The van der Waals surface area contributed by atoms with Crippen LogP contribution in [-0.2, 0) is 0 Å². The van der Waals surface area contributed by atoms with E-state index >= 15 is 0 Å². The summed E-state index contributed by atoms with van der Waals surface area (Å²) in [6.07, 6.45) is 0. The van der Waals surface area contributed by atoms with E-state index in [1.54, 1.807) is 5.20 Å². The van der Waals surface area contributed by atoms with Crippen molar-refractivity contribution in [3.63, 3.8) is 0 Å². The number of rotatable bonds is 2. The number of hydrogen-bond acceptors (Lipinski definition) is 1. The summed E-state index contributed by atoms with van der Waals surface area (Å²) < 4.78 is 2.52. The van der Waals surface area contributed by atoms with Gasteiger partial charge >= 0.3 is 0 Å². The fourth-order valence-corrected chi connectivity index (χ4v) is 3.85. The number of nitrogens with zero attached hydrogens (tertiary/aromatic N) is 1. The lowest BCUT2D eigenvalue weighted by Gasteiger charge is -2.32. The predicted octanol–water partition coefficient (Wildman–Crippen LogP) is 1.30. The SMILES string of the molecule is CC(C)=C(C)[Si](C)(C)N(C)[SiH3]. The van der Waals surface area contributed by atoms with Crippen LogP contribution in [0, 0.1) is 0 Å². The van der Waals surface area contributed by atoms with E-state index in [0.29, 0.717) is 0 Å². The molecule has 0 N–H and O–H groups in total. The standard InChI is InChI=1S/C8H21NSi2/c1-7(2)8(3)11(5,6)9(4)10/h1-6,10H3. The lowest BCUT2D eigenvalue weighted by Crippen LogP contribution is -2.46. The van der Waals surface area contributed by atoms with Gasteiger partial charge in [-0.25, -0.2) is 0 Å². The van der Waals surface area contributed by atoms with Crippen LogP contribution in [0.15, 0.2) is 10.8 Å². The first kappa shape index (κ1) is 11.1. The number of allylic oxidation sites excluding steroid dienone is 2. The second kappa shape index (κ2) is 3.69. The summed E-state index contributed by atoms with van der Waals surface area (Å²) in [6.45, 7) is 11.6. The van der Waals surface area contributed by atoms with Crippen LogP contribution in [0.2, 0.25) is 13.1 Å². The highest BCUT2D eigenvalue weighted by molar-refractivity contribution is 6.84. The summed E-state index contributed by atoms with van der Waals surface area (Å²) in [5.74, 6) is 0. The normalized spacial score (nSPS) is 12.3. The van der Waals surface area contributed by atoms with Gasteiger partial charge in [-0.1, -0.05) is 23.9 Å². The minimum Gasteiger partial charge on any atom is -0.353 e. The molecule has 0 aliphatic heterocycles. The van der Waals surface area contributed by atoms with Crippen molar-refractivity contribution in [2.75, 3.05) is 7.05 Å². The summed E-state index contributed by atoms with van der Waals surface area (Å²) in [5, 5.41) is 1.63. The Kier molecular flexibility index (Phi) is 3.74. The van der Waals surface area contributed by atoms with Crippen LogP contribution in [0.3, 0.4) is 0 Å². The molecule has 0 aliphatic rings. The summed E-state index contributed by atoms with van der Waals surface area (Å²) in [7, 11) is 2.25. The van der Waals surface area contributed by atoms with Gasteiger partial charge in [0.15, 0.2) is 0 Å². The molecule has 0 heterocycles. The van der Waals surface area contributed by atoms with Gasteiger partial charge in [-0.15, -0.1) is 0 Å². The Balaban J connectivity index is 4.70. The fraction of sp³-hybridized carbons (Fsp3) is 0.750. The van der Waals surface area contributed by atoms with Crippen LogP contribution >= 0.6 is 0 Å². The van der Waals surface area contributed by atoms with Crippen molar-refractivity contribution < 1.29 is 0 Å². The third-order valence-corrected chi connectivity index (χ3v) is 10.7. The Morgan fingerprint density at radius 2 is 1.55 bits per heavy atom. The Bertz CT molecular complexity index is 167. The van der Waals surface area contributed by atoms with E-state index in [0.717, 1.165) is 0 Å². The molecule has 0 fully saturated rings. The van der Waals surface area contributed by atoms with Crippen molar-refractivity contribution in [1.29, 1.82) is 0 Å². The molecule has 0 saturated heterocycles. The quantitative estimate of drug-likeness (QED) is 0.589. The fourth-order valence-electron chi connectivity index (χ4n) is 0.947. The molecule has 0 unspecified atom stereocenters. The second-order valence-corrected chi connectivity index (χ2v) is 11.1. The minimum atomic E-state index is -1.17. The Morgan fingerprint density at radius 1 is 1.18 bits per heavy atom. The molecular formula is C8H21NSi2. The Hall–Kier alpha value is 0.134. The van der Waals surface area contributed by atoms with Gasteiger partial charge in [-0.05, 0) is 27.8 Å². The lowest BCUT2D eigenvalue weighted by molar-refractivity contribution is 0.818. The first-order valence-electron chi connectivity index (χ1n) is 4.12. The first-order chi connectivity index (χ1) is 4.80. The van der Waals surface area contributed by atoms with Crippen LogP contribution in [0.25, 0.3) is 0 Å². The largest absolute Gasteiger partial charge is 0.353 e. The summed E-state index contributed by atoms with van der Waals surface area (Å²) in [6, 6.07) is 0. The van der Waals surface area contributed by atoms with E-state index in [4.69, 9.17) is 0 Å². The summed E-state index contributed by atoms with van der Waals surface area (Å²) in [4.78, 5) is 0. The van der Waals surface area contributed by atoms with Crippen molar-refractivity contribution in [1.82, 2.24) is 4.23 Å². The molecule has 11 heavy (non-hydrogen) atoms. The predicted molar refractivity (Wildman–Crippen MR) is 59.2 cm³/mol. The molecule has 0 rings (SSSR count). The molecule has 66 valence electrons. The topological polar surface area (TPSA) is 3.24 Å². The zero-order valence-electron chi connectivity index (χ0n) is 8.95. The van der Waals surface area contributed by atoms with Crippen molar-refractivity contribution in [2.24, 2.45) is 0 Å². The highest BCUT2D eigenvalue weighted by Crippen LogP contribution is 2.19. The minimum absolute atomic E-state index is 1.17. The molecular weight excluding hydrogens is 166 g/mol. The van der Waals surface area contributed by atoms with Crippen molar-refractivity contribution in [3.8, 4) is 0 Å². The molecule has 1 nitrogen and oxygen atoms in total. The van der Waals surface area contributed by atoms with Crippen LogP contribution in [0.5, 0.6) is 0 Å². The van der Waals surface area contributed by atoms with Gasteiger partial charge in [0.1, 0.15) is 8.24 Å². The van der Waals surface area contributed by atoms with E-state index in [9.17, 15) is 0 Å². The van der Waals surface area contributed by atoms with Gasteiger partial charge in [0.25, 0.3) is 0 Å². The van der Waals surface area contributed by atoms with Gasteiger partial charge in [0, 0.05) is 0 Å². The molecule has 0 amide bonds. The molecule has 0 aromatic heterocycles. The van der Waals surface area contributed by atoms with Gasteiger partial charge in [-0.2, -0.15) is 0 Å². The molecule has 0 saturated carbocycles. The zero-order chi connectivity index (χ0) is 9.23. The monoisotopic (exact) mass is 187 g/mol. The molecule has 0 aromatic rings. The smallest absolute Gasteiger partial charge is 0.142 e. The highest BCUT2D eigenvalue weighted by atomic mass is 28.4. The average Bonchev–Trinajstić information content (AvgIpc) is 1.85. The molecule has 3 heteroatoms. The lowest BCUT2D eigenvalue weighted by atomic mass is 10.3. The molecule has 0 aromatic carbocycles. The van der Waals surface area contributed by atoms with Crippen LogP contribution in [0.4, 0.5) is 0 Å². The average molecular weight is 187 g/mol. The molecule has 0 bridgehead atoms. The van der Waals surface area contributed by atoms with Crippen LogP contribution in [0.1, 0.15) is 20.8 Å².